The molecule has 0 atom stereocenters. The van der Waals surface area contributed by atoms with Gasteiger partial charge in [-0.3, -0.25) is 0 Å². The molecule has 1 N–H and O–H groups in total. The van der Waals surface area contributed by atoms with Crippen molar-refractivity contribution in [2.75, 3.05) is 6.54 Å². The molecule has 0 bridgehead atoms. The largest absolute Gasteiger partial charge is 0.357 e. The zero-order chi connectivity index (χ0) is 6.81. The summed E-state index contributed by atoms with van der Waals surface area (Å²) in [7, 11) is 0. The fourth-order valence-electron chi connectivity index (χ4n) is 1.28. The van der Waals surface area contributed by atoms with Gasteiger partial charge in [-0.1, -0.05) is 6.08 Å². The molecule has 0 fully saturated rings. The van der Waals surface area contributed by atoms with Gasteiger partial charge >= 0.3 is 0 Å². The monoisotopic (exact) mass is 134 g/mol. The quantitative estimate of drug-likeness (QED) is 0.514. The lowest BCUT2D eigenvalue weighted by molar-refractivity contribution is 0.811. The number of hydrogen-bond donors (Lipinski definition) is 1. The summed E-state index contributed by atoms with van der Waals surface area (Å²) in [5.41, 5.74) is 2.71. The van der Waals surface area contributed by atoms with Gasteiger partial charge in [0.05, 0.1) is 0 Å². The molecule has 0 aromatic rings. The maximum absolute atomic E-state index is 4.18. The fraction of sp³-hybridized carbons (Fsp3) is 0.375. The Labute approximate surface area is 60.3 Å². The molecule has 0 saturated heterocycles. The molecule has 51 valence electrons. The molecule has 2 rings (SSSR count). The number of nitrogens with zero attached hydrogens (tertiary/aromatic N) is 1. The Bertz CT molecular complexity index is 223. The standard InChI is InChI=1S/C8H10N2/c1-2-7-3-5-9-6-8(7)10-4-1/h1,4,6,10H,2-3,5H2/q+1. The molecular weight excluding hydrogens is 124 g/mol. The predicted octanol–water partition coefficient (Wildman–Crippen LogP) is 0.558. The first-order valence-electron chi connectivity index (χ1n) is 3.60. The highest BCUT2D eigenvalue weighted by molar-refractivity contribution is 5.79. The van der Waals surface area contributed by atoms with E-state index in [4.69, 9.17) is 0 Å². The Hall–Kier alpha value is -1.05. The van der Waals surface area contributed by atoms with Crippen LogP contribution >= 0.6 is 0 Å². The van der Waals surface area contributed by atoms with Crippen LogP contribution in [0.15, 0.2) is 23.5 Å². The van der Waals surface area contributed by atoms with E-state index in [1.807, 2.05) is 12.4 Å². The third-order valence-electron chi connectivity index (χ3n) is 1.86. The lowest BCUT2D eigenvalue weighted by Crippen LogP contribution is -2.20. The number of allylic oxidation sites excluding steroid dienone is 2. The van der Waals surface area contributed by atoms with Crippen LogP contribution in [0, 0.1) is 0 Å². The van der Waals surface area contributed by atoms with E-state index in [1.54, 1.807) is 0 Å². The van der Waals surface area contributed by atoms with Crippen molar-refractivity contribution in [2.24, 2.45) is 0 Å². The first-order valence-corrected chi connectivity index (χ1v) is 3.60. The molecule has 0 aromatic heterocycles. The average molecular weight is 134 g/mol. The molecule has 2 aliphatic rings. The molecule has 2 heterocycles. The van der Waals surface area contributed by atoms with Crippen molar-refractivity contribution in [1.29, 1.82) is 0 Å². The Balaban J connectivity index is 2.25. The number of aliphatic imine (C=N–C) groups is 1. The maximum Gasteiger partial charge on any atom is 0.257 e. The van der Waals surface area contributed by atoms with Gasteiger partial charge in [0.25, 0.3) is 6.21 Å². The van der Waals surface area contributed by atoms with Gasteiger partial charge < -0.3 is 5.32 Å². The van der Waals surface area contributed by atoms with Crippen LogP contribution in [-0.2, 0) is 0 Å². The molecule has 0 aromatic carbocycles. The smallest absolute Gasteiger partial charge is 0.257 e. The van der Waals surface area contributed by atoms with E-state index in [0.29, 0.717) is 0 Å². The van der Waals surface area contributed by atoms with Gasteiger partial charge in [0.1, 0.15) is 5.70 Å². The number of dihydropyridines is 2. The molecular formula is C8H10N2+. The zero-order valence-electron chi connectivity index (χ0n) is 5.80. The van der Waals surface area contributed by atoms with Crippen molar-refractivity contribution in [3.05, 3.63) is 23.5 Å². The molecule has 2 aliphatic heterocycles. The highest BCUT2D eigenvalue weighted by atomic mass is 14.9. The van der Waals surface area contributed by atoms with Crippen molar-refractivity contribution in [2.45, 2.75) is 12.8 Å². The molecule has 0 saturated carbocycles. The van der Waals surface area contributed by atoms with Crippen LogP contribution in [0.5, 0.6) is 0 Å². The van der Waals surface area contributed by atoms with E-state index in [-0.39, 0.29) is 0 Å². The second-order valence-electron chi connectivity index (χ2n) is 2.55. The second kappa shape index (κ2) is 2.29. The zero-order valence-corrected chi connectivity index (χ0v) is 5.80. The van der Waals surface area contributed by atoms with E-state index in [1.165, 1.54) is 11.3 Å². The van der Waals surface area contributed by atoms with E-state index in [9.17, 15) is 0 Å². The average Bonchev–Trinajstić information content (AvgIpc) is 2.05. The third-order valence-corrected chi connectivity index (χ3v) is 1.86. The van der Waals surface area contributed by atoms with Crippen LogP contribution in [0.1, 0.15) is 12.8 Å². The van der Waals surface area contributed by atoms with Crippen molar-refractivity contribution in [1.82, 2.24) is 10.3 Å². The SMILES string of the molecule is C1=CNC2=C(C1)CC[N+]=C2. The second-order valence-corrected chi connectivity index (χ2v) is 2.55. The van der Waals surface area contributed by atoms with E-state index < -0.39 is 0 Å². The van der Waals surface area contributed by atoms with E-state index >= 15 is 0 Å². The number of nitrogens with one attached hydrogen (secondary N) is 1. The Morgan fingerprint density at radius 2 is 2.50 bits per heavy atom. The van der Waals surface area contributed by atoms with Crippen molar-refractivity contribution >= 4 is 6.21 Å². The summed E-state index contributed by atoms with van der Waals surface area (Å²) in [6.07, 6.45) is 8.30. The lowest BCUT2D eigenvalue weighted by Gasteiger charge is -2.12. The molecule has 0 unspecified atom stereocenters. The highest BCUT2D eigenvalue weighted by Crippen LogP contribution is 2.15. The first-order chi connectivity index (χ1) is 4.97. The summed E-state index contributed by atoms with van der Waals surface area (Å²) in [5, 5.41) is 3.17. The van der Waals surface area contributed by atoms with Gasteiger partial charge in [0.2, 0.25) is 6.54 Å². The Kier molecular flexibility index (Phi) is 1.31. The molecule has 2 nitrogen and oxygen atoms in total. The Morgan fingerprint density at radius 1 is 1.50 bits per heavy atom. The van der Waals surface area contributed by atoms with Gasteiger partial charge in [0, 0.05) is 11.4 Å². The van der Waals surface area contributed by atoms with Crippen LogP contribution in [0.4, 0.5) is 0 Å². The molecule has 2 heteroatoms. The molecule has 0 amide bonds. The van der Waals surface area contributed by atoms with Crippen LogP contribution in [0.25, 0.3) is 0 Å². The fourth-order valence-corrected chi connectivity index (χ4v) is 1.28. The topological polar surface area (TPSA) is 26.1 Å². The molecule has 0 spiro atoms. The summed E-state index contributed by atoms with van der Waals surface area (Å²) in [4.78, 5) is 4.18. The lowest BCUT2D eigenvalue weighted by atomic mass is 10.0. The summed E-state index contributed by atoms with van der Waals surface area (Å²) >= 11 is 0. The van der Waals surface area contributed by atoms with E-state index in [2.05, 4.69) is 16.4 Å². The minimum absolute atomic E-state index is 0.967. The normalized spacial score (nSPS) is 22.4. The van der Waals surface area contributed by atoms with E-state index in [0.717, 1.165) is 19.4 Å². The van der Waals surface area contributed by atoms with Gasteiger partial charge in [-0.15, -0.1) is 0 Å². The maximum atomic E-state index is 4.18. The Morgan fingerprint density at radius 3 is 3.40 bits per heavy atom. The number of rotatable bonds is 0. The predicted molar refractivity (Wildman–Crippen MR) is 41.6 cm³/mol. The summed E-state index contributed by atoms with van der Waals surface area (Å²) in [6.45, 7) is 0.967. The molecule has 0 aliphatic carbocycles. The van der Waals surface area contributed by atoms with Crippen LogP contribution in [-0.4, -0.2) is 12.8 Å². The highest BCUT2D eigenvalue weighted by Gasteiger charge is 2.15. The molecule has 1 radical (unpaired) electrons. The summed E-state index contributed by atoms with van der Waals surface area (Å²) < 4.78 is 0. The van der Waals surface area contributed by atoms with Gasteiger partial charge in [-0.25, -0.2) is 0 Å². The van der Waals surface area contributed by atoms with Crippen LogP contribution in [0.3, 0.4) is 0 Å². The minimum atomic E-state index is 0.967. The van der Waals surface area contributed by atoms with Crippen molar-refractivity contribution < 1.29 is 0 Å². The van der Waals surface area contributed by atoms with Crippen molar-refractivity contribution in [3.63, 3.8) is 0 Å². The third kappa shape index (κ3) is 0.856. The minimum Gasteiger partial charge on any atom is -0.357 e. The van der Waals surface area contributed by atoms with Gasteiger partial charge in [-0.05, 0) is 18.2 Å². The van der Waals surface area contributed by atoms with Gasteiger partial charge in [0.15, 0.2) is 0 Å². The van der Waals surface area contributed by atoms with Crippen LogP contribution < -0.4 is 10.3 Å². The molecule has 10 heavy (non-hydrogen) atoms. The van der Waals surface area contributed by atoms with Crippen LogP contribution in [0.2, 0.25) is 0 Å². The number of hydrogen-bond acceptors (Lipinski definition) is 2. The first kappa shape index (κ1) is 5.71. The summed E-state index contributed by atoms with van der Waals surface area (Å²) in [6, 6.07) is 0. The van der Waals surface area contributed by atoms with Crippen molar-refractivity contribution in [3.8, 4) is 0 Å². The van der Waals surface area contributed by atoms with Gasteiger partial charge in [-0.2, -0.15) is 0 Å². The summed E-state index contributed by atoms with van der Waals surface area (Å²) in [5.74, 6) is 0.